The second-order valence-electron chi connectivity index (χ2n) is 6.36. The molecule has 3 rings (SSSR count). The van der Waals surface area contributed by atoms with Gasteiger partial charge in [0.05, 0.1) is 39.9 Å². The van der Waals surface area contributed by atoms with Gasteiger partial charge in [0.25, 0.3) is 5.69 Å². The Morgan fingerprint density at radius 3 is 2.71 bits per heavy atom. The molecule has 0 bridgehead atoms. The molecule has 0 fully saturated rings. The second-order valence-corrected chi connectivity index (χ2v) is 7.37. The zero-order chi connectivity index (χ0) is 22.2. The number of non-ortho nitro benzene ring substituents is 1. The van der Waals surface area contributed by atoms with E-state index in [2.05, 4.69) is 21.3 Å². The number of ether oxygens (including phenoxy) is 1. The molecule has 0 aliphatic rings. The number of azo groups is 1. The van der Waals surface area contributed by atoms with Crippen molar-refractivity contribution in [1.29, 1.82) is 5.26 Å². The first-order valence-corrected chi connectivity index (χ1v) is 10.1. The average molecular weight is 438 g/mol. The summed E-state index contributed by atoms with van der Waals surface area (Å²) < 4.78 is 5.66. The molecule has 158 valence electrons. The number of fused-ring (bicyclic) bond motifs is 1. The van der Waals surface area contributed by atoms with Gasteiger partial charge in [-0.05, 0) is 30.3 Å². The normalized spacial score (nSPS) is 10.8. The van der Waals surface area contributed by atoms with E-state index in [1.54, 1.807) is 18.2 Å². The Labute approximate surface area is 181 Å². The number of nitro benzene ring substituents is 1. The monoisotopic (exact) mass is 438 g/mol. The molecule has 31 heavy (non-hydrogen) atoms. The zero-order valence-electron chi connectivity index (χ0n) is 16.6. The summed E-state index contributed by atoms with van der Waals surface area (Å²) in [5.41, 5.74) is 2.11. The number of hydrogen-bond donors (Lipinski definition) is 0. The van der Waals surface area contributed by atoms with Gasteiger partial charge in [-0.3, -0.25) is 14.9 Å². The minimum Gasteiger partial charge on any atom is -0.464 e. The minimum absolute atomic E-state index is 0.00452. The van der Waals surface area contributed by atoms with Gasteiger partial charge < -0.3 is 9.64 Å². The molecule has 0 unspecified atom stereocenters. The van der Waals surface area contributed by atoms with Gasteiger partial charge in [0.1, 0.15) is 6.61 Å². The lowest BCUT2D eigenvalue weighted by atomic mass is 10.2. The Morgan fingerprint density at radius 1 is 1.26 bits per heavy atom. The lowest BCUT2D eigenvalue weighted by Gasteiger charge is -2.23. The highest BCUT2D eigenvalue weighted by Crippen LogP contribution is 2.32. The van der Waals surface area contributed by atoms with Gasteiger partial charge in [0.2, 0.25) is 5.13 Å². The van der Waals surface area contributed by atoms with Gasteiger partial charge in [-0.15, -0.1) is 10.2 Å². The molecule has 0 N–H and O–H groups in total. The number of nitrogens with zero attached hydrogens (tertiary/aromatic N) is 6. The average Bonchev–Trinajstić information content (AvgIpc) is 3.17. The maximum Gasteiger partial charge on any atom is 0.302 e. The number of carbonyl (C=O) groups excluding carboxylic acids is 1. The molecule has 0 saturated heterocycles. The summed E-state index contributed by atoms with van der Waals surface area (Å²) in [5, 5.41) is 28.5. The van der Waals surface area contributed by atoms with Gasteiger partial charge in [0, 0.05) is 31.3 Å². The predicted molar refractivity (Wildman–Crippen MR) is 116 cm³/mol. The van der Waals surface area contributed by atoms with Crippen molar-refractivity contribution in [1.82, 2.24) is 4.98 Å². The van der Waals surface area contributed by atoms with E-state index in [0.29, 0.717) is 40.5 Å². The third-order valence-corrected chi connectivity index (χ3v) is 5.10. The SMILES string of the molecule is CC(=O)OCCN(CCC#N)c1ccc(/N=N/c2nc3ccc([N+](=O)[O-])cc3s2)cc1. The highest BCUT2D eigenvalue weighted by Gasteiger charge is 2.10. The molecule has 0 amide bonds. The van der Waals surface area contributed by atoms with Gasteiger partial charge in [-0.2, -0.15) is 5.26 Å². The standard InChI is InChI=1S/C20H18N6O4S/c1-14(27)30-12-11-25(10-2-9-21)16-5-3-15(4-6-16)23-24-20-22-18-8-7-17(26(28)29)13-19(18)31-20/h3-8,13H,2,10-12H2,1H3/b24-23+. The topological polar surface area (TPSA) is 134 Å². The Kier molecular flexibility index (Phi) is 7.18. The fourth-order valence-electron chi connectivity index (χ4n) is 2.74. The summed E-state index contributed by atoms with van der Waals surface area (Å²) in [7, 11) is 0. The van der Waals surface area contributed by atoms with E-state index in [1.807, 2.05) is 17.0 Å². The molecule has 3 aromatic rings. The summed E-state index contributed by atoms with van der Waals surface area (Å²) in [6, 6.07) is 13.8. The molecule has 0 aliphatic heterocycles. The molecule has 1 heterocycles. The summed E-state index contributed by atoms with van der Waals surface area (Å²) in [4.78, 5) is 27.7. The molecule has 0 saturated carbocycles. The van der Waals surface area contributed by atoms with Crippen LogP contribution in [0.15, 0.2) is 52.7 Å². The quantitative estimate of drug-likeness (QED) is 0.201. The van der Waals surface area contributed by atoms with Crippen molar-refractivity contribution in [3.63, 3.8) is 0 Å². The molecular weight excluding hydrogens is 420 g/mol. The number of aromatic nitrogens is 1. The Morgan fingerprint density at radius 2 is 2.03 bits per heavy atom. The summed E-state index contributed by atoms with van der Waals surface area (Å²) in [5.74, 6) is -0.347. The van der Waals surface area contributed by atoms with E-state index in [1.165, 1.54) is 30.4 Å². The maximum atomic E-state index is 11.0. The van der Waals surface area contributed by atoms with E-state index in [0.717, 1.165) is 5.69 Å². The number of carbonyl (C=O) groups is 1. The lowest BCUT2D eigenvalue weighted by molar-refractivity contribution is -0.384. The maximum absolute atomic E-state index is 11.0. The number of nitro groups is 1. The summed E-state index contributed by atoms with van der Waals surface area (Å²) >= 11 is 1.22. The molecule has 2 aromatic carbocycles. The summed E-state index contributed by atoms with van der Waals surface area (Å²) in [6.07, 6.45) is 0.345. The molecular formula is C20H18N6O4S. The van der Waals surface area contributed by atoms with Crippen LogP contribution < -0.4 is 4.90 Å². The van der Waals surface area contributed by atoms with E-state index in [9.17, 15) is 14.9 Å². The van der Waals surface area contributed by atoms with Gasteiger partial charge in [-0.1, -0.05) is 11.3 Å². The fraction of sp³-hybridized carbons (Fsp3) is 0.250. The number of nitriles is 1. The van der Waals surface area contributed by atoms with E-state index >= 15 is 0 Å². The first-order chi connectivity index (χ1) is 15.0. The van der Waals surface area contributed by atoms with Crippen molar-refractivity contribution in [3.8, 4) is 6.07 Å². The van der Waals surface area contributed by atoms with Crippen LogP contribution in [0, 0.1) is 21.4 Å². The van der Waals surface area contributed by atoms with Gasteiger partial charge in [-0.25, -0.2) is 4.98 Å². The van der Waals surface area contributed by atoms with Crippen molar-refractivity contribution in [2.24, 2.45) is 10.2 Å². The zero-order valence-corrected chi connectivity index (χ0v) is 17.4. The van der Waals surface area contributed by atoms with Crippen LogP contribution in [0.1, 0.15) is 13.3 Å². The molecule has 11 heteroatoms. The van der Waals surface area contributed by atoms with Crippen molar-refractivity contribution in [2.45, 2.75) is 13.3 Å². The number of rotatable bonds is 9. The van der Waals surface area contributed by atoms with E-state index in [4.69, 9.17) is 10.00 Å². The van der Waals surface area contributed by atoms with Crippen molar-refractivity contribution in [3.05, 3.63) is 52.6 Å². The molecule has 0 atom stereocenters. The third-order valence-electron chi connectivity index (χ3n) is 4.20. The first-order valence-electron chi connectivity index (χ1n) is 9.28. The minimum atomic E-state index is -0.450. The summed E-state index contributed by atoms with van der Waals surface area (Å²) in [6.45, 7) is 2.57. The molecule has 0 radical (unpaired) electrons. The van der Waals surface area contributed by atoms with Crippen molar-refractivity contribution >= 4 is 49.7 Å². The molecule has 0 spiro atoms. The number of esters is 1. The molecule has 1 aromatic heterocycles. The largest absolute Gasteiger partial charge is 0.464 e. The Balaban J connectivity index is 1.70. The van der Waals surface area contributed by atoms with Gasteiger partial charge in [0.15, 0.2) is 0 Å². The van der Waals surface area contributed by atoms with E-state index < -0.39 is 4.92 Å². The van der Waals surface area contributed by atoms with Gasteiger partial charge >= 0.3 is 5.97 Å². The van der Waals surface area contributed by atoms with Crippen LogP contribution in [0.5, 0.6) is 0 Å². The molecule has 0 aliphatic carbocycles. The van der Waals surface area contributed by atoms with Crippen LogP contribution in [0.3, 0.4) is 0 Å². The van der Waals surface area contributed by atoms with Crippen LogP contribution in [0.4, 0.5) is 22.2 Å². The smallest absolute Gasteiger partial charge is 0.302 e. The van der Waals surface area contributed by atoms with Crippen LogP contribution in [0.25, 0.3) is 10.2 Å². The van der Waals surface area contributed by atoms with E-state index in [-0.39, 0.29) is 18.3 Å². The third kappa shape index (κ3) is 6.03. The number of anilines is 1. The predicted octanol–water partition coefficient (Wildman–Crippen LogP) is 4.90. The highest BCUT2D eigenvalue weighted by molar-refractivity contribution is 7.21. The fourth-order valence-corrected chi connectivity index (χ4v) is 3.56. The van der Waals surface area contributed by atoms with Crippen LogP contribution in [0.2, 0.25) is 0 Å². The molecule has 10 nitrogen and oxygen atoms in total. The first kappa shape index (κ1) is 21.8. The number of thiazole rings is 1. The van der Waals surface area contributed by atoms with Crippen LogP contribution >= 0.6 is 11.3 Å². The number of benzene rings is 2. The highest BCUT2D eigenvalue weighted by atomic mass is 32.1. The Hall–Kier alpha value is -3.91. The van der Waals surface area contributed by atoms with Crippen LogP contribution in [-0.2, 0) is 9.53 Å². The van der Waals surface area contributed by atoms with Crippen LogP contribution in [-0.4, -0.2) is 35.6 Å². The number of hydrogen-bond acceptors (Lipinski definition) is 10. The Bertz CT molecular complexity index is 1150. The second kappa shape index (κ2) is 10.2. The van der Waals surface area contributed by atoms with Crippen molar-refractivity contribution in [2.75, 3.05) is 24.6 Å². The lowest BCUT2D eigenvalue weighted by Crippen LogP contribution is -2.28. The van der Waals surface area contributed by atoms with Crippen molar-refractivity contribution < 1.29 is 14.5 Å².